The number of rotatable bonds is 3. The number of methoxy groups -OCH3 is 1. The molecule has 1 aromatic carbocycles. The molecule has 1 amide bonds. The van der Waals surface area contributed by atoms with E-state index in [0.717, 1.165) is 29.8 Å². The highest BCUT2D eigenvalue weighted by atomic mass is 16.5. The maximum atomic E-state index is 11.7. The Kier molecular flexibility index (Phi) is 4.43. The first-order valence-corrected chi connectivity index (χ1v) is 6.38. The van der Waals surface area contributed by atoms with Gasteiger partial charge in [0.15, 0.2) is 0 Å². The average Bonchev–Trinajstić information content (AvgIpc) is 2.82. The molecule has 0 spiro atoms. The van der Waals surface area contributed by atoms with Crippen molar-refractivity contribution in [3.05, 3.63) is 29.3 Å². The molecule has 1 fully saturated rings. The smallest absolute Gasteiger partial charge is 0.222 e. The zero-order valence-electron chi connectivity index (χ0n) is 11.1. The molecule has 1 aliphatic heterocycles. The fourth-order valence-corrected chi connectivity index (χ4v) is 2.21. The van der Waals surface area contributed by atoms with Gasteiger partial charge in [-0.15, -0.1) is 0 Å². The average molecular weight is 258 g/mol. The molecule has 2 rings (SSSR count). The van der Waals surface area contributed by atoms with Crippen molar-refractivity contribution in [2.45, 2.75) is 19.4 Å². The quantitative estimate of drug-likeness (QED) is 0.827. The van der Waals surface area contributed by atoms with Gasteiger partial charge in [-0.2, -0.15) is 0 Å². The zero-order chi connectivity index (χ0) is 13.7. The molecule has 100 valence electrons. The lowest BCUT2D eigenvalue weighted by atomic mass is 10.1. The Bertz CT molecular complexity index is 529. The van der Waals surface area contributed by atoms with Gasteiger partial charge in [-0.25, -0.2) is 0 Å². The number of hydrogen-bond acceptors (Lipinski definition) is 3. The third-order valence-corrected chi connectivity index (χ3v) is 3.15. The van der Waals surface area contributed by atoms with E-state index in [4.69, 9.17) is 10.5 Å². The lowest BCUT2D eigenvalue weighted by Gasteiger charge is -2.17. The van der Waals surface area contributed by atoms with Crippen molar-refractivity contribution in [1.82, 2.24) is 4.90 Å². The van der Waals surface area contributed by atoms with Crippen LogP contribution in [-0.2, 0) is 11.3 Å². The third kappa shape index (κ3) is 3.27. The van der Waals surface area contributed by atoms with Crippen LogP contribution in [0.25, 0.3) is 0 Å². The number of benzene rings is 1. The minimum absolute atomic E-state index is 0.209. The lowest BCUT2D eigenvalue weighted by molar-refractivity contribution is -0.128. The van der Waals surface area contributed by atoms with Crippen molar-refractivity contribution in [3.63, 3.8) is 0 Å². The summed E-state index contributed by atoms with van der Waals surface area (Å²) >= 11 is 0. The van der Waals surface area contributed by atoms with Gasteiger partial charge in [-0.3, -0.25) is 4.79 Å². The Hall–Kier alpha value is -1.99. The van der Waals surface area contributed by atoms with Gasteiger partial charge in [-0.05, 0) is 24.6 Å². The second-order valence-electron chi connectivity index (χ2n) is 4.45. The topological polar surface area (TPSA) is 55.6 Å². The predicted molar refractivity (Wildman–Crippen MR) is 73.6 cm³/mol. The second kappa shape index (κ2) is 6.26. The van der Waals surface area contributed by atoms with Gasteiger partial charge >= 0.3 is 0 Å². The molecule has 4 heteroatoms. The number of nitrogens with two attached hydrogens (primary N) is 1. The van der Waals surface area contributed by atoms with E-state index in [2.05, 4.69) is 11.8 Å². The fraction of sp³-hybridized carbons (Fsp3) is 0.400. The van der Waals surface area contributed by atoms with Gasteiger partial charge in [-0.1, -0.05) is 11.8 Å². The van der Waals surface area contributed by atoms with E-state index in [-0.39, 0.29) is 5.91 Å². The zero-order valence-corrected chi connectivity index (χ0v) is 11.1. The van der Waals surface area contributed by atoms with E-state index < -0.39 is 0 Å². The van der Waals surface area contributed by atoms with Crippen molar-refractivity contribution in [1.29, 1.82) is 0 Å². The normalized spacial score (nSPS) is 14.2. The van der Waals surface area contributed by atoms with Crippen LogP contribution >= 0.6 is 0 Å². The molecule has 4 nitrogen and oxygen atoms in total. The molecular formula is C15H18N2O2. The first-order chi connectivity index (χ1) is 9.24. The van der Waals surface area contributed by atoms with Gasteiger partial charge in [0.2, 0.25) is 5.91 Å². The van der Waals surface area contributed by atoms with Crippen LogP contribution in [0.3, 0.4) is 0 Å². The Labute approximate surface area is 113 Å². The van der Waals surface area contributed by atoms with E-state index in [1.165, 1.54) is 0 Å². The standard InChI is InChI=1S/C15H18N2O2/c1-19-14-7-6-12(4-2-8-16)10-13(14)11-17-9-3-5-15(17)18/h6-7,10H,3,5,8-9,11,16H2,1H3. The third-order valence-electron chi connectivity index (χ3n) is 3.15. The van der Waals surface area contributed by atoms with Gasteiger partial charge < -0.3 is 15.4 Å². The minimum atomic E-state index is 0.209. The molecule has 0 bridgehead atoms. The van der Waals surface area contributed by atoms with Crippen LogP contribution < -0.4 is 10.5 Å². The largest absolute Gasteiger partial charge is 0.496 e. The molecular weight excluding hydrogens is 240 g/mol. The molecule has 0 radical (unpaired) electrons. The molecule has 1 aromatic rings. The first kappa shape index (κ1) is 13.4. The molecule has 0 saturated carbocycles. The van der Waals surface area contributed by atoms with E-state index >= 15 is 0 Å². The molecule has 0 aliphatic carbocycles. The summed E-state index contributed by atoms with van der Waals surface area (Å²) in [7, 11) is 1.63. The highest BCUT2D eigenvalue weighted by molar-refractivity contribution is 5.78. The molecule has 1 saturated heterocycles. The van der Waals surface area contributed by atoms with E-state index in [9.17, 15) is 4.79 Å². The van der Waals surface area contributed by atoms with Gasteiger partial charge in [0, 0.05) is 30.6 Å². The van der Waals surface area contributed by atoms with Crippen LogP contribution in [-0.4, -0.2) is 31.0 Å². The minimum Gasteiger partial charge on any atom is -0.496 e. The van der Waals surface area contributed by atoms with E-state index in [0.29, 0.717) is 19.5 Å². The maximum absolute atomic E-state index is 11.7. The summed E-state index contributed by atoms with van der Waals surface area (Å²) in [6.45, 7) is 1.74. The highest BCUT2D eigenvalue weighted by Crippen LogP contribution is 2.23. The number of carbonyl (C=O) groups excluding carboxylic acids is 1. The van der Waals surface area contributed by atoms with Gasteiger partial charge in [0.1, 0.15) is 5.75 Å². The van der Waals surface area contributed by atoms with Crippen LogP contribution in [0, 0.1) is 11.8 Å². The molecule has 0 atom stereocenters. The van der Waals surface area contributed by atoms with Crippen LogP contribution in [0.15, 0.2) is 18.2 Å². The SMILES string of the molecule is COc1ccc(C#CCN)cc1CN1CCCC1=O. The van der Waals surface area contributed by atoms with Crippen LogP contribution in [0.2, 0.25) is 0 Å². The van der Waals surface area contributed by atoms with Crippen molar-refractivity contribution >= 4 is 5.91 Å². The Morgan fingerprint density at radius 1 is 1.47 bits per heavy atom. The summed E-state index contributed by atoms with van der Waals surface area (Å²) in [6, 6.07) is 5.75. The number of likely N-dealkylation sites (tertiary alicyclic amines) is 1. The molecule has 1 aliphatic rings. The summed E-state index contributed by atoms with van der Waals surface area (Å²) in [5.41, 5.74) is 7.25. The Balaban J connectivity index is 2.23. The number of carbonyl (C=O) groups is 1. The van der Waals surface area contributed by atoms with Crippen molar-refractivity contribution in [2.24, 2.45) is 5.73 Å². The van der Waals surface area contributed by atoms with Crippen molar-refractivity contribution < 1.29 is 9.53 Å². The van der Waals surface area contributed by atoms with Crippen molar-refractivity contribution in [2.75, 3.05) is 20.2 Å². The summed E-state index contributed by atoms with van der Waals surface area (Å²) in [5.74, 6) is 6.82. The van der Waals surface area contributed by atoms with Gasteiger partial charge in [0.05, 0.1) is 13.7 Å². The van der Waals surface area contributed by atoms with Crippen LogP contribution in [0.5, 0.6) is 5.75 Å². The monoisotopic (exact) mass is 258 g/mol. The predicted octanol–water partition coefficient (Wildman–Crippen LogP) is 1.13. The maximum Gasteiger partial charge on any atom is 0.222 e. The number of nitrogens with zero attached hydrogens (tertiary/aromatic N) is 1. The Morgan fingerprint density at radius 3 is 2.95 bits per heavy atom. The van der Waals surface area contributed by atoms with Crippen molar-refractivity contribution in [3.8, 4) is 17.6 Å². The first-order valence-electron chi connectivity index (χ1n) is 6.38. The summed E-state index contributed by atoms with van der Waals surface area (Å²) < 4.78 is 5.34. The summed E-state index contributed by atoms with van der Waals surface area (Å²) in [5, 5.41) is 0. The molecule has 0 unspecified atom stereocenters. The summed E-state index contributed by atoms with van der Waals surface area (Å²) in [6.07, 6.45) is 1.59. The molecule has 19 heavy (non-hydrogen) atoms. The van der Waals surface area contributed by atoms with E-state index in [1.807, 2.05) is 23.1 Å². The fourth-order valence-electron chi connectivity index (χ4n) is 2.21. The second-order valence-corrected chi connectivity index (χ2v) is 4.45. The van der Waals surface area contributed by atoms with Gasteiger partial charge in [0.25, 0.3) is 0 Å². The summed E-state index contributed by atoms with van der Waals surface area (Å²) in [4.78, 5) is 13.5. The van der Waals surface area contributed by atoms with E-state index in [1.54, 1.807) is 7.11 Å². The molecule has 2 N–H and O–H groups in total. The number of amides is 1. The number of hydrogen-bond donors (Lipinski definition) is 1. The lowest BCUT2D eigenvalue weighted by Crippen LogP contribution is -2.24. The Morgan fingerprint density at radius 2 is 2.32 bits per heavy atom. The molecule has 1 heterocycles. The highest BCUT2D eigenvalue weighted by Gasteiger charge is 2.21. The van der Waals surface area contributed by atoms with Crippen LogP contribution in [0.4, 0.5) is 0 Å². The molecule has 0 aromatic heterocycles. The van der Waals surface area contributed by atoms with Crippen LogP contribution in [0.1, 0.15) is 24.0 Å². The number of ether oxygens (including phenoxy) is 1.